The number of rotatable bonds is 4. The largest absolute Gasteiger partial charge is 0.376 e. The van der Waals surface area contributed by atoms with E-state index < -0.39 is 0 Å². The summed E-state index contributed by atoms with van der Waals surface area (Å²) in [6.45, 7) is 6.02. The van der Waals surface area contributed by atoms with Crippen LogP contribution in [0.2, 0.25) is 0 Å². The van der Waals surface area contributed by atoms with Gasteiger partial charge in [0.2, 0.25) is 0 Å². The monoisotopic (exact) mass is 205 g/mol. The van der Waals surface area contributed by atoms with E-state index in [2.05, 4.69) is 36.5 Å². The summed E-state index contributed by atoms with van der Waals surface area (Å²) in [5, 5.41) is 3.35. The standard InChI is InChI=1S/C13H19NO/c1-11-3-2-4-12(7-11)9-15-10-13-5-6-14-8-13/h2-4,7,13-14H,5-6,8-10H2,1H3/t13-/m0/s1. The maximum Gasteiger partial charge on any atom is 0.0717 e. The van der Waals surface area contributed by atoms with E-state index in [4.69, 9.17) is 4.74 Å². The molecule has 1 N–H and O–H groups in total. The highest BCUT2D eigenvalue weighted by Gasteiger charge is 2.13. The van der Waals surface area contributed by atoms with Crippen molar-refractivity contribution in [1.82, 2.24) is 5.32 Å². The topological polar surface area (TPSA) is 21.3 Å². The summed E-state index contributed by atoms with van der Waals surface area (Å²) in [6, 6.07) is 8.52. The number of nitrogens with one attached hydrogen (secondary N) is 1. The van der Waals surface area contributed by atoms with E-state index in [-0.39, 0.29) is 0 Å². The molecule has 0 amide bonds. The van der Waals surface area contributed by atoms with Gasteiger partial charge in [-0.2, -0.15) is 0 Å². The summed E-state index contributed by atoms with van der Waals surface area (Å²) in [6.07, 6.45) is 1.26. The molecular formula is C13H19NO. The van der Waals surface area contributed by atoms with Crippen molar-refractivity contribution in [1.29, 1.82) is 0 Å². The van der Waals surface area contributed by atoms with E-state index >= 15 is 0 Å². The van der Waals surface area contributed by atoms with Gasteiger partial charge >= 0.3 is 0 Å². The second-order valence-electron chi connectivity index (χ2n) is 4.36. The normalized spacial score (nSPS) is 20.7. The third-order valence-electron chi connectivity index (χ3n) is 2.87. The van der Waals surface area contributed by atoms with Gasteiger partial charge in [0.05, 0.1) is 13.2 Å². The van der Waals surface area contributed by atoms with Gasteiger partial charge in [-0.05, 0) is 31.4 Å². The van der Waals surface area contributed by atoms with Gasteiger partial charge in [-0.3, -0.25) is 0 Å². The van der Waals surface area contributed by atoms with Gasteiger partial charge in [0.25, 0.3) is 0 Å². The van der Waals surface area contributed by atoms with Gasteiger partial charge in [0.1, 0.15) is 0 Å². The van der Waals surface area contributed by atoms with E-state index in [1.54, 1.807) is 0 Å². The molecule has 1 atom stereocenters. The second kappa shape index (κ2) is 5.29. The zero-order valence-corrected chi connectivity index (χ0v) is 9.33. The summed E-state index contributed by atoms with van der Waals surface area (Å²) in [7, 11) is 0. The molecule has 0 unspecified atom stereocenters. The van der Waals surface area contributed by atoms with Crippen molar-refractivity contribution in [2.24, 2.45) is 5.92 Å². The Bertz CT molecular complexity index is 305. The Morgan fingerprint density at radius 3 is 3.13 bits per heavy atom. The van der Waals surface area contributed by atoms with Crippen LogP contribution in [0.3, 0.4) is 0 Å². The first kappa shape index (κ1) is 10.7. The van der Waals surface area contributed by atoms with Gasteiger partial charge in [0.15, 0.2) is 0 Å². The van der Waals surface area contributed by atoms with Crippen LogP contribution in [0, 0.1) is 12.8 Å². The maximum absolute atomic E-state index is 5.72. The fourth-order valence-electron chi connectivity index (χ4n) is 2.00. The fourth-order valence-corrected chi connectivity index (χ4v) is 2.00. The van der Waals surface area contributed by atoms with Crippen LogP contribution in [-0.2, 0) is 11.3 Å². The SMILES string of the molecule is Cc1cccc(COC[C@H]2CCNC2)c1. The molecule has 2 rings (SSSR count). The van der Waals surface area contributed by atoms with Gasteiger partial charge in [0, 0.05) is 6.54 Å². The molecule has 0 saturated carbocycles. The van der Waals surface area contributed by atoms with Crippen LogP contribution in [-0.4, -0.2) is 19.7 Å². The molecule has 1 aliphatic rings. The highest BCUT2D eigenvalue weighted by atomic mass is 16.5. The van der Waals surface area contributed by atoms with Crippen LogP contribution in [0.1, 0.15) is 17.5 Å². The zero-order valence-electron chi connectivity index (χ0n) is 9.33. The summed E-state index contributed by atoms with van der Waals surface area (Å²) in [5.74, 6) is 0.717. The van der Waals surface area contributed by atoms with Crippen LogP contribution in [0.15, 0.2) is 24.3 Å². The molecular weight excluding hydrogens is 186 g/mol. The third-order valence-corrected chi connectivity index (χ3v) is 2.87. The average Bonchev–Trinajstić information content (AvgIpc) is 2.71. The molecule has 1 aromatic carbocycles. The molecule has 1 aliphatic heterocycles. The molecule has 0 spiro atoms. The van der Waals surface area contributed by atoms with Crippen molar-refractivity contribution in [2.75, 3.05) is 19.7 Å². The Labute approximate surface area is 91.6 Å². The van der Waals surface area contributed by atoms with Gasteiger partial charge in [-0.1, -0.05) is 29.8 Å². The van der Waals surface area contributed by atoms with Crippen LogP contribution < -0.4 is 5.32 Å². The van der Waals surface area contributed by atoms with E-state index in [9.17, 15) is 0 Å². The Hall–Kier alpha value is -0.860. The minimum Gasteiger partial charge on any atom is -0.376 e. The molecule has 1 heterocycles. The first-order valence-electron chi connectivity index (χ1n) is 5.68. The van der Waals surface area contributed by atoms with Crippen LogP contribution in [0.5, 0.6) is 0 Å². The molecule has 15 heavy (non-hydrogen) atoms. The van der Waals surface area contributed by atoms with E-state index in [1.807, 2.05) is 0 Å². The maximum atomic E-state index is 5.72. The highest BCUT2D eigenvalue weighted by Crippen LogP contribution is 2.10. The van der Waals surface area contributed by atoms with E-state index in [0.717, 1.165) is 32.2 Å². The summed E-state index contributed by atoms with van der Waals surface area (Å²) in [4.78, 5) is 0. The van der Waals surface area contributed by atoms with Crippen molar-refractivity contribution < 1.29 is 4.74 Å². The quantitative estimate of drug-likeness (QED) is 0.813. The van der Waals surface area contributed by atoms with Crippen molar-refractivity contribution >= 4 is 0 Å². The minimum absolute atomic E-state index is 0.717. The number of aryl methyl sites for hydroxylation is 1. The Balaban J connectivity index is 1.73. The smallest absolute Gasteiger partial charge is 0.0717 e. The van der Waals surface area contributed by atoms with Crippen LogP contribution in [0.25, 0.3) is 0 Å². The molecule has 0 bridgehead atoms. The first-order valence-corrected chi connectivity index (χ1v) is 5.68. The first-order chi connectivity index (χ1) is 7.34. The van der Waals surface area contributed by atoms with Gasteiger partial charge in [-0.25, -0.2) is 0 Å². The molecule has 1 fully saturated rings. The van der Waals surface area contributed by atoms with Crippen molar-refractivity contribution in [3.05, 3.63) is 35.4 Å². The average molecular weight is 205 g/mol. The number of hydrogen-bond donors (Lipinski definition) is 1. The Morgan fingerprint density at radius 1 is 1.47 bits per heavy atom. The lowest BCUT2D eigenvalue weighted by molar-refractivity contribution is 0.0924. The minimum atomic E-state index is 0.717. The third kappa shape index (κ3) is 3.33. The lowest BCUT2D eigenvalue weighted by Crippen LogP contribution is -2.13. The van der Waals surface area contributed by atoms with Crippen molar-refractivity contribution in [3.8, 4) is 0 Å². The number of hydrogen-bond acceptors (Lipinski definition) is 2. The summed E-state index contributed by atoms with van der Waals surface area (Å²) < 4.78 is 5.72. The fraction of sp³-hybridized carbons (Fsp3) is 0.538. The zero-order chi connectivity index (χ0) is 10.5. The van der Waals surface area contributed by atoms with Crippen molar-refractivity contribution in [3.63, 3.8) is 0 Å². The lowest BCUT2D eigenvalue weighted by atomic mass is 10.1. The predicted octanol–water partition coefficient (Wildman–Crippen LogP) is 2.12. The number of benzene rings is 1. The van der Waals surface area contributed by atoms with Gasteiger partial charge < -0.3 is 10.1 Å². The van der Waals surface area contributed by atoms with Crippen LogP contribution in [0.4, 0.5) is 0 Å². The predicted molar refractivity (Wildman–Crippen MR) is 61.8 cm³/mol. The van der Waals surface area contributed by atoms with Crippen LogP contribution >= 0.6 is 0 Å². The highest BCUT2D eigenvalue weighted by molar-refractivity contribution is 5.21. The molecule has 2 nitrogen and oxygen atoms in total. The summed E-state index contributed by atoms with van der Waals surface area (Å²) in [5.41, 5.74) is 2.58. The molecule has 0 aromatic heterocycles. The van der Waals surface area contributed by atoms with E-state index in [0.29, 0.717) is 0 Å². The molecule has 2 heteroatoms. The number of ether oxygens (including phenoxy) is 1. The molecule has 1 saturated heterocycles. The molecule has 82 valence electrons. The lowest BCUT2D eigenvalue weighted by Gasteiger charge is -2.09. The molecule has 0 radical (unpaired) electrons. The second-order valence-corrected chi connectivity index (χ2v) is 4.36. The Morgan fingerprint density at radius 2 is 2.40 bits per heavy atom. The van der Waals surface area contributed by atoms with Gasteiger partial charge in [-0.15, -0.1) is 0 Å². The Kier molecular flexibility index (Phi) is 3.75. The van der Waals surface area contributed by atoms with Crippen molar-refractivity contribution in [2.45, 2.75) is 20.0 Å². The molecule has 0 aliphatic carbocycles. The summed E-state index contributed by atoms with van der Waals surface area (Å²) >= 11 is 0. The van der Waals surface area contributed by atoms with E-state index in [1.165, 1.54) is 17.5 Å². The molecule has 1 aromatic rings.